The van der Waals surface area contributed by atoms with E-state index in [-0.39, 0.29) is 11.9 Å². The van der Waals surface area contributed by atoms with E-state index in [1.165, 1.54) is 11.3 Å². The minimum absolute atomic E-state index is 0.106. The first-order valence-electron chi connectivity index (χ1n) is 7.46. The number of benzene rings is 1. The number of nitrogens with one attached hydrogen (secondary N) is 1. The number of carbonyl (C=O) groups is 1. The minimum Gasteiger partial charge on any atom is -0.497 e. The van der Waals surface area contributed by atoms with E-state index in [4.69, 9.17) is 4.74 Å². The Bertz CT molecular complexity index is 829. The summed E-state index contributed by atoms with van der Waals surface area (Å²) in [6.45, 7) is 1.96. The molecule has 7 heteroatoms. The Morgan fingerprint density at radius 2 is 2.25 bits per heavy atom. The number of ether oxygens (including phenoxy) is 1. The molecule has 0 unspecified atom stereocenters. The zero-order chi connectivity index (χ0) is 17.1. The van der Waals surface area contributed by atoms with Gasteiger partial charge in [-0.25, -0.2) is 4.98 Å². The van der Waals surface area contributed by atoms with E-state index in [1.807, 2.05) is 36.6 Å². The van der Waals surface area contributed by atoms with E-state index in [9.17, 15) is 4.79 Å². The summed E-state index contributed by atoms with van der Waals surface area (Å²) >= 11 is 1.53. The molecule has 0 fully saturated rings. The van der Waals surface area contributed by atoms with Crippen LogP contribution in [0.2, 0.25) is 0 Å². The minimum atomic E-state index is -0.107. The molecule has 1 amide bonds. The lowest BCUT2D eigenvalue weighted by Gasteiger charge is -2.23. The van der Waals surface area contributed by atoms with Gasteiger partial charge in [-0.05, 0) is 19.1 Å². The predicted octanol–water partition coefficient (Wildman–Crippen LogP) is 3.38. The third kappa shape index (κ3) is 3.03. The molecule has 0 spiro atoms. The Balaban J connectivity index is 1.90. The molecule has 3 aromatic rings. The van der Waals surface area contributed by atoms with Crippen molar-refractivity contribution < 1.29 is 9.53 Å². The number of thiazole rings is 1. The molecule has 24 heavy (non-hydrogen) atoms. The van der Waals surface area contributed by atoms with Crippen molar-refractivity contribution >= 4 is 17.2 Å². The Labute approximate surface area is 144 Å². The summed E-state index contributed by atoms with van der Waals surface area (Å²) < 4.78 is 5.25. The number of hydrogen-bond acceptors (Lipinski definition) is 5. The standard InChI is InChI=1S/C17H18N4O2S/c1-11(16-18-7-8-24-16)21(2)17(22)14-10-19-20-15(14)12-5-4-6-13(9-12)23-3/h4-11H,1-3H3,(H,19,20)/t11-/m1/s1. The first-order valence-corrected chi connectivity index (χ1v) is 8.34. The Hall–Kier alpha value is -2.67. The third-order valence-electron chi connectivity index (χ3n) is 3.94. The molecule has 0 radical (unpaired) electrons. The van der Waals surface area contributed by atoms with Crippen LogP contribution in [0.15, 0.2) is 42.0 Å². The van der Waals surface area contributed by atoms with Crippen LogP contribution in [-0.4, -0.2) is 40.1 Å². The van der Waals surface area contributed by atoms with Crippen molar-refractivity contribution in [2.24, 2.45) is 0 Å². The van der Waals surface area contributed by atoms with Crippen LogP contribution >= 0.6 is 11.3 Å². The maximum atomic E-state index is 12.9. The lowest BCUT2D eigenvalue weighted by Crippen LogP contribution is -2.29. The number of rotatable bonds is 5. The second-order valence-electron chi connectivity index (χ2n) is 5.35. The fourth-order valence-corrected chi connectivity index (χ4v) is 3.16. The van der Waals surface area contributed by atoms with Gasteiger partial charge in [0.2, 0.25) is 0 Å². The number of aromatic nitrogens is 3. The zero-order valence-electron chi connectivity index (χ0n) is 13.7. The van der Waals surface area contributed by atoms with E-state index in [1.54, 1.807) is 31.5 Å². The SMILES string of the molecule is COc1cccc(-c2[nH]ncc2C(=O)N(C)[C@H](C)c2nccs2)c1. The lowest BCUT2D eigenvalue weighted by molar-refractivity contribution is 0.0743. The van der Waals surface area contributed by atoms with E-state index in [0.29, 0.717) is 11.3 Å². The van der Waals surface area contributed by atoms with Crippen molar-refractivity contribution in [2.45, 2.75) is 13.0 Å². The van der Waals surface area contributed by atoms with Crippen molar-refractivity contribution in [1.82, 2.24) is 20.1 Å². The molecule has 0 aliphatic heterocycles. The molecular formula is C17H18N4O2S. The average Bonchev–Trinajstić information content (AvgIpc) is 3.31. The quantitative estimate of drug-likeness (QED) is 0.772. The monoisotopic (exact) mass is 342 g/mol. The molecule has 6 nitrogen and oxygen atoms in total. The molecule has 0 aliphatic carbocycles. The van der Waals surface area contributed by atoms with Crippen molar-refractivity contribution in [1.29, 1.82) is 0 Å². The fourth-order valence-electron chi connectivity index (χ4n) is 2.42. The van der Waals surface area contributed by atoms with Crippen LogP contribution in [0, 0.1) is 0 Å². The first-order chi connectivity index (χ1) is 11.6. The molecule has 3 rings (SSSR count). The summed E-state index contributed by atoms with van der Waals surface area (Å²) in [6.07, 6.45) is 3.30. The van der Waals surface area contributed by atoms with Crippen LogP contribution in [0.25, 0.3) is 11.3 Å². The molecule has 0 aliphatic rings. The molecule has 2 aromatic heterocycles. The molecule has 2 heterocycles. The van der Waals surface area contributed by atoms with Gasteiger partial charge in [0.05, 0.1) is 30.6 Å². The molecular weight excluding hydrogens is 324 g/mol. The molecule has 1 atom stereocenters. The van der Waals surface area contributed by atoms with E-state index in [2.05, 4.69) is 15.2 Å². The van der Waals surface area contributed by atoms with Crippen LogP contribution in [-0.2, 0) is 0 Å². The Kier molecular flexibility index (Phi) is 4.61. The predicted molar refractivity (Wildman–Crippen MR) is 93.2 cm³/mol. The van der Waals surface area contributed by atoms with Gasteiger partial charge in [-0.15, -0.1) is 11.3 Å². The number of aromatic amines is 1. The summed E-state index contributed by atoms with van der Waals surface area (Å²) in [5.41, 5.74) is 2.05. The third-order valence-corrected chi connectivity index (χ3v) is 4.88. The number of H-pyrrole nitrogens is 1. The Morgan fingerprint density at radius 1 is 1.42 bits per heavy atom. The molecule has 0 saturated heterocycles. The summed E-state index contributed by atoms with van der Waals surface area (Å²) in [5, 5.41) is 9.78. The molecule has 124 valence electrons. The number of amides is 1. The van der Waals surface area contributed by atoms with Gasteiger partial charge >= 0.3 is 0 Å². The van der Waals surface area contributed by atoms with Crippen molar-refractivity contribution in [2.75, 3.05) is 14.2 Å². The van der Waals surface area contributed by atoms with Gasteiger partial charge in [-0.3, -0.25) is 9.89 Å². The highest BCUT2D eigenvalue weighted by Gasteiger charge is 2.24. The van der Waals surface area contributed by atoms with Crippen molar-refractivity contribution in [3.8, 4) is 17.0 Å². The van der Waals surface area contributed by atoms with Crippen LogP contribution in [0.1, 0.15) is 28.3 Å². The smallest absolute Gasteiger partial charge is 0.258 e. The van der Waals surface area contributed by atoms with Gasteiger partial charge < -0.3 is 9.64 Å². The van der Waals surface area contributed by atoms with Crippen molar-refractivity contribution in [3.63, 3.8) is 0 Å². The molecule has 0 saturated carbocycles. The van der Waals surface area contributed by atoms with E-state index in [0.717, 1.165) is 16.3 Å². The van der Waals surface area contributed by atoms with E-state index >= 15 is 0 Å². The van der Waals surface area contributed by atoms with Gasteiger partial charge in [0.25, 0.3) is 5.91 Å². The Morgan fingerprint density at radius 3 is 2.96 bits per heavy atom. The second kappa shape index (κ2) is 6.84. The van der Waals surface area contributed by atoms with Crippen molar-refractivity contribution in [3.05, 3.63) is 52.6 Å². The normalized spacial score (nSPS) is 12.0. The maximum absolute atomic E-state index is 12.9. The largest absolute Gasteiger partial charge is 0.497 e. The molecule has 1 N–H and O–H groups in total. The zero-order valence-corrected chi connectivity index (χ0v) is 14.5. The summed E-state index contributed by atoms with van der Waals surface area (Å²) in [7, 11) is 3.39. The van der Waals surface area contributed by atoms with Gasteiger partial charge in [0, 0.05) is 24.2 Å². The summed E-state index contributed by atoms with van der Waals surface area (Å²) in [6, 6.07) is 7.42. The van der Waals surface area contributed by atoms with Gasteiger partial charge in [0.1, 0.15) is 10.8 Å². The van der Waals surface area contributed by atoms with Gasteiger partial charge in [-0.2, -0.15) is 5.10 Å². The van der Waals surface area contributed by atoms with Gasteiger partial charge in [0.15, 0.2) is 0 Å². The maximum Gasteiger partial charge on any atom is 0.258 e. The average molecular weight is 342 g/mol. The number of methoxy groups -OCH3 is 1. The highest BCUT2D eigenvalue weighted by Crippen LogP contribution is 2.28. The van der Waals surface area contributed by atoms with Crippen LogP contribution in [0.4, 0.5) is 0 Å². The van der Waals surface area contributed by atoms with Crippen LogP contribution in [0.5, 0.6) is 5.75 Å². The summed E-state index contributed by atoms with van der Waals surface area (Å²) in [5.74, 6) is 0.620. The molecule has 0 bridgehead atoms. The second-order valence-corrected chi connectivity index (χ2v) is 6.28. The van der Waals surface area contributed by atoms with Crippen LogP contribution in [0.3, 0.4) is 0 Å². The lowest BCUT2D eigenvalue weighted by atomic mass is 10.1. The topological polar surface area (TPSA) is 71.1 Å². The first kappa shape index (κ1) is 16.2. The van der Waals surface area contributed by atoms with E-state index < -0.39 is 0 Å². The van der Waals surface area contributed by atoms with Gasteiger partial charge in [-0.1, -0.05) is 12.1 Å². The van der Waals surface area contributed by atoms with Crippen LogP contribution < -0.4 is 4.74 Å². The summed E-state index contributed by atoms with van der Waals surface area (Å²) in [4.78, 5) is 18.9. The fraction of sp³-hybridized carbons (Fsp3) is 0.235. The highest BCUT2D eigenvalue weighted by atomic mass is 32.1. The number of nitrogens with zero attached hydrogens (tertiary/aromatic N) is 3. The molecule has 1 aromatic carbocycles. The highest BCUT2D eigenvalue weighted by molar-refractivity contribution is 7.09. The number of carbonyl (C=O) groups excluding carboxylic acids is 1. The number of hydrogen-bond donors (Lipinski definition) is 1.